The maximum Gasteiger partial charge on any atom is 0.181 e. The lowest BCUT2D eigenvalue weighted by Crippen LogP contribution is -2.09. The molecule has 6 aromatic heterocycles. The molecule has 0 unspecified atom stereocenters. The Labute approximate surface area is 194 Å². The molecule has 9 heteroatoms. The maximum absolute atomic E-state index is 4.86. The molecule has 0 saturated carbocycles. The molecule has 34 heavy (non-hydrogen) atoms. The lowest BCUT2D eigenvalue weighted by molar-refractivity contribution is 0.898. The molecule has 6 rings (SSSR count). The minimum atomic E-state index is 0.317. The van der Waals surface area contributed by atoms with Gasteiger partial charge in [-0.3, -0.25) is 20.1 Å². The molecule has 0 aliphatic heterocycles. The summed E-state index contributed by atoms with van der Waals surface area (Å²) in [7, 11) is 0. The Morgan fingerprint density at radius 1 is 0.882 bits per heavy atom. The van der Waals surface area contributed by atoms with Gasteiger partial charge in [-0.1, -0.05) is 0 Å². The van der Waals surface area contributed by atoms with Crippen molar-refractivity contribution in [3.63, 3.8) is 0 Å². The summed E-state index contributed by atoms with van der Waals surface area (Å²) < 4.78 is 0. The number of pyridine rings is 4. The molecule has 6 aromatic rings. The average molecular weight is 448 g/mol. The molecular formula is C25H21N9. The number of anilines is 1. The number of hydrogen-bond donors (Lipinski definition) is 3. The molecule has 166 valence electrons. The van der Waals surface area contributed by atoms with Gasteiger partial charge in [-0.05, 0) is 44.2 Å². The highest BCUT2D eigenvalue weighted by atomic mass is 15.2. The maximum atomic E-state index is 4.86. The van der Waals surface area contributed by atoms with E-state index in [0.717, 1.165) is 50.2 Å². The van der Waals surface area contributed by atoms with Crippen molar-refractivity contribution in [3.8, 4) is 33.9 Å². The second-order valence-electron chi connectivity index (χ2n) is 8.34. The third-order valence-electron chi connectivity index (χ3n) is 5.51. The van der Waals surface area contributed by atoms with Crippen LogP contribution in [0.15, 0.2) is 67.5 Å². The Bertz CT molecular complexity index is 1620. The van der Waals surface area contributed by atoms with Crippen LogP contribution in [-0.2, 0) is 0 Å². The van der Waals surface area contributed by atoms with Gasteiger partial charge in [-0.2, -0.15) is 5.10 Å². The quantitative estimate of drug-likeness (QED) is 0.346. The lowest BCUT2D eigenvalue weighted by Gasteiger charge is -2.10. The van der Waals surface area contributed by atoms with Gasteiger partial charge in [-0.25, -0.2) is 9.97 Å². The van der Waals surface area contributed by atoms with E-state index in [1.807, 2.05) is 36.8 Å². The number of imidazole rings is 1. The summed E-state index contributed by atoms with van der Waals surface area (Å²) in [6, 6.07) is 10.2. The number of aromatic nitrogens is 8. The van der Waals surface area contributed by atoms with Gasteiger partial charge in [0.25, 0.3) is 0 Å². The highest BCUT2D eigenvalue weighted by Crippen LogP contribution is 2.31. The standard InChI is InChI=1S/C25H21N9/c1-14(2)30-18-8-16(11-27-13-18)17-9-19-22(33-34-24(19)29-12-17)25-31-20-5-7-28-21(23(20)32-25)15-4-3-6-26-10-15/h3-14,30H,1-2H3,(H,31,32)(H,29,33,34). The fourth-order valence-electron chi connectivity index (χ4n) is 4.02. The van der Waals surface area contributed by atoms with E-state index in [-0.39, 0.29) is 0 Å². The van der Waals surface area contributed by atoms with E-state index in [4.69, 9.17) is 4.98 Å². The SMILES string of the molecule is CC(C)Nc1cncc(-c2cnc3n[nH]c(-c4nc5c(-c6cccnc6)nccc5[nH]4)c3c2)c1. The van der Waals surface area contributed by atoms with Crippen molar-refractivity contribution < 1.29 is 0 Å². The molecule has 0 aliphatic rings. The number of H-pyrrole nitrogens is 2. The summed E-state index contributed by atoms with van der Waals surface area (Å²) >= 11 is 0. The summed E-state index contributed by atoms with van der Waals surface area (Å²) in [5.41, 5.74) is 7.61. The molecule has 0 aliphatic carbocycles. The fourth-order valence-corrected chi connectivity index (χ4v) is 4.02. The molecule has 0 fully saturated rings. The van der Waals surface area contributed by atoms with Crippen LogP contribution in [0.4, 0.5) is 5.69 Å². The molecule has 0 amide bonds. The summed E-state index contributed by atoms with van der Waals surface area (Å²) in [5, 5.41) is 11.7. The van der Waals surface area contributed by atoms with Gasteiger partial charge >= 0.3 is 0 Å². The first-order chi connectivity index (χ1) is 16.7. The van der Waals surface area contributed by atoms with E-state index >= 15 is 0 Å². The van der Waals surface area contributed by atoms with Gasteiger partial charge < -0.3 is 10.3 Å². The predicted octanol–water partition coefficient (Wildman–Crippen LogP) is 4.84. The van der Waals surface area contributed by atoms with Crippen LogP contribution in [0.3, 0.4) is 0 Å². The fraction of sp³-hybridized carbons (Fsp3) is 0.120. The van der Waals surface area contributed by atoms with Crippen molar-refractivity contribution in [2.45, 2.75) is 19.9 Å². The van der Waals surface area contributed by atoms with E-state index in [2.05, 4.69) is 66.4 Å². The van der Waals surface area contributed by atoms with Crippen molar-refractivity contribution in [2.24, 2.45) is 0 Å². The monoisotopic (exact) mass is 447 g/mol. The third kappa shape index (κ3) is 3.53. The van der Waals surface area contributed by atoms with E-state index in [1.165, 1.54) is 0 Å². The number of rotatable bonds is 5. The zero-order valence-electron chi connectivity index (χ0n) is 18.6. The zero-order valence-corrected chi connectivity index (χ0v) is 18.6. The van der Waals surface area contributed by atoms with Gasteiger partial charge in [0.2, 0.25) is 0 Å². The topological polar surface area (TPSA) is 121 Å². The van der Waals surface area contributed by atoms with Crippen LogP contribution in [0.2, 0.25) is 0 Å². The molecule has 0 saturated heterocycles. The van der Waals surface area contributed by atoms with Gasteiger partial charge in [0, 0.05) is 59.9 Å². The van der Waals surface area contributed by atoms with Crippen molar-refractivity contribution in [1.29, 1.82) is 0 Å². The van der Waals surface area contributed by atoms with Crippen LogP contribution in [0, 0.1) is 0 Å². The molecule has 3 N–H and O–H groups in total. The summed E-state index contributed by atoms with van der Waals surface area (Å²) in [6.07, 6.45) is 10.8. The molecule has 0 atom stereocenters. The lowest BCUT2D eigenvalue weighted by atomic mass is 10.1. The summed E-state index contributed by atoms with van der Waals surface area (Å²) in [4.78, 5) is 26.0. The van der Waals surface area contributed by atoms with Crippen molar-refractivity contribution in [3.05, 3.63) is 67.5 Å². The van der Waals surface area contributed by atoms with Gasteiger partial charge in [0.05, 0.1) is 22.3 Å². The highest BCUT2D eigenvalue weighted by Gasteiger charge is 2.17. The van der Waals surface area contributed by atoms with Gasteiger partial charge in [0.1, 0.15) is 11.2 Å². The average Bonchev–Trinajstić information content (AvgIpc) is 3.48. The van der Waals surface area contributed by atoms with Crippen molar-refractivity contribution >= 4 is 27.8 Å². The number of fused-ring (bicyclic) bond motifs is 2. The van der Waals surface area contributed by atoms with E-state index in [0.29, 0.717) is 17.5 Å². The Kier molecular flexibility index (Phi) is 4.72. The second-order valence-corrected chi connectivity index (χ2v) is 8.34. The largest absolute Gasteiger partial charge is 0.382 e. The molecule has 9 nitrogen and oxygen atoms in total. The Balaban J connectivity index is 1.45. The van der Waals surface area contributed by atoms with E-state index in [1.54, 1.807) is 18.6 Å². The smallest absolute Gasteiger partial charge is 0.181 e. The third-order valence-corrected chi connectivity index (χ3v) is 5.51. The van der Waals surface area contributed by atoms with E-state index < -0.39 is 0 Å². The van der Waals surface area contributed by atoms with Gasteiger partial charge in [-0.15, -0.1) is 0 Å². The van der Waals surface area contributed by atoms with Crippen LogP contribution in [-0.4, -0.2) is 46.1 Å². The van der Waals surface area contributed by atoms with E-state index in [9.17, 15) is 0 Å². The molecule has 0 aromatic carbocycles. The first-order valence-corrected chi connectivity index (χ1v) is 11.0. The predicted molar refractivity (Wildman–Crippen MR) is 132 cm³/mol. The molecule has 0 bridgehead atoms. The summed E-state index contributed by atoms with van der Waals surface area (Å²) in [6.45, 7) is 4.20. The first kappa shape index (κ1) is 20.0. The number of hydrogen-bond acceptors (Lipinski definition) is 7. The van der Waals surface area contributed by atoms with Crippen LogP contribution in [0.5, 0.6) is 0 Å². The zero-order chi connectivity index (χ0) is 23.1. The van der Waals surface area contributed by atoms with Crippen LogP contribution in [0.1, 0.15) is 13.8 Å². The van der Waals surface area contributed by atoms with Crippen LogP contribution < -0.4 is 5.32 Å². The molecule has 0 radical (unpaired) electrons. The highest BCUT2D eigenvalue weighted by molar-refractivity contribution is 5.96. The normalized spacial score (nSPS) is 11.5. The van der Waals surface area contributed by atoms with Gasteiger partial charge in [0.15, 0.2) is 11.5 Å². The number of nitrogens with one attached hydrogen (secondary N) is 3. The van der Waals surface area contributed by atoms with Crippen LogP contribution >= 0.6 is 0 Å². The van der Waals surface area contributed by atoms with Crippen molar-refractivity contribution in [2.75, 3.05) is 5.32 Å². The number of aromatic amines is 2. The second kappa shape index (κ2) is 8.04. The number of nitrogens with zero attached hydrogens (tertiary/aromatic N) is 6. The minimum Gasteiger partial charge on any atom is -0.382 e. The van der Waals surface area contributed by atoms with Crippen LogP contribution in [0.25, 0.3) is 56.0 Å². The minimum absolute atomic E-state index is 0.317. The Hall–Kier alpha value is -4.66. The Morgan fingerprint density at radius 2 is 1.76 bits per heavy atom. The molecule has 0 spiro atoms. The Morgan fingerprint density at radius 3 is 2.62 bits per heavy atom. The summed E-state index contributed by atoms with van der Waals surface area (Å²) in [5.74, 6) is 0.669. The van der Waals surface area contributed by atoms with Crippen molar-refractivity contribution in [1.82, 2.24) is 40.1 Å². The molecular weight excluding hydrogens is 426 g/mol. The first-order valence-electron chi connectivity index (χ1n) is 11.0. The molecule has 6 heterocycles.